The molecule has 2 heterocycles. The molecule has 25 heavy (non-hydrogen) atoms. The number of ether oxygens (including phenoxy) is 1. The zero-order chi connectivity index (χ0) is 18.0. The average Bonchev–Trinajstić information content (AvgIpc) is 2.87. The van der Waals surface area contributed by atoms with Gasteiger partial charge in [0.1, 0.15) is 17.4 Å². The zero-order valence-electron chi connectivity index (χ0n) is 15.4. The smallest absolute Gasteiger partial charge is 0.134 e. The lowest BCUT2D eigenvalue weighted by atomic mass is 9.95. The molecule has 5 nitrogen and oxygen atoms in total. The number of nitrogens with zero attached hydrogens (tertiary/aromatic N) is 1. The highest BCUT2D eigenvalue weighted by Gasteiger charge is 2.32. The number of aryl methyl sites for hydroxylation is 2. The van der Waals surface area contributed by atoms with Gasteiger partial charge in [-0.05, 0) is 44.0 Å². The van der Waals surface area contributed by atoms with Crippen molar-refractivity contribution in [3.8, 4) is 0 Å². The lowest BCUT2D eigenvalue weighted by Gasteiger charge is -2.35. The minimum atomic E-state index is -0.793. The van der Waals surface area contributed by atoms with Crippen molar-refractivity contribution in [2.24, 2.45) is 5.92 Å². The van der Waals surface area contributed by atoms with Crippen LogP contribution in [0.5, 0.6) is 0 Å². The van der Waals surface area contributed by atoms with Gasteiger partial charge in [0.15, 0.2) is 0 Å². The van der Waals surface area contributed by atoms with E-state index in [9.17, 15) is 10.2 Å². The van der Waals surface area contributed by atoms with Crippen LogP contribution in [0.1, 0.15) is 30.2 Å². The summed E-state index contributed by atoms with van der Waals surface area (Å²) in [7, 11) is 0. The van der Waals surface area contributed by atoms with E-state index >= 15 is 0 Å². The van der Waals surface area contributed by atoms with Gasteiger partial charge in [-0.1, -0.05) is 19.1 Å². The van der Waals surface area contributed by atoms with Crippen molar-refractivity contribution < 1.29 is 19.4 Å². The third-order valence-corrected chi connectivity index (χ3v) is 5.09. The monoisotopic (exact) mass is 347 g/mol. The number of rotatable bonds is 6. The van der Waals surface area contributed by atoms with E-state index in [0.29, 0.717) is 19.7 Å². The summed E-state index contributed by atoms with van der Waals surface area (Å²) >= 11 is 0. The molecule has 0 aliphatic carbocycles. The standard InChI is InChI=1S/C20H29NO4/c1-4-7-21(9-15-11-24-12-17(22)20(15)23)10-19-14(3)16-6-5-13(2)8-18(16)25-19/h5-6,8,15,17,20,22-23H,4,7,9-12H2,1-3H3/t15-,17-,20+/m1/s1. The zero-order valence-corrected chi connectivity index (χ0v) is 15.4. The first-order valence-corrected chi connectivity index (χ1v) is 9.14. The molecule has 1 aliphatic rings. The Morgan fingerprint density at radius 3 is 2.76 bits per heavy atom. The van der Waals surface area contributed by atoms with Gasteiger partial charge in [-0.15, -0.1) is 0 Å². The Morgan fingerprint density at radius 1 is 1.20 bits per heavy atom. The maximum atomic E-state index is 10.2. The minimum absolute atomic E-state index is 0.0813. The summed E-state index contributed by atoms with van der Waals surface area (Å²) in [4.78, 5) is 2.28. The molecule has 3 atom stereocenters. The quantitative estimate of drug-likeness (QED) is 0.841. The highest BCUT2D eigenvalue weighted by molar-refractivity contribution is 5.82. The van der Waals surface area contributed by atoms with Gasteiger partial charge in [0.2, 0.25) is 0 Å². The summed E-state index contributed by atoms with van der Waals surface area (Å²) in [6.45, 7) is 9.30. The fourth-order valence-electron chi connectivity index (χ4n) is 3.63. The third-order valence-electron chi connectivity index (χ3n) is 5.09. The predicted octanol–water partition coefficient (Wildman–Crippen LogP) is 2.63. The van der Waals surface area contributed by atoms with Gasteiger partial charge in [-0.3, -0.25) is 4.90 Å². The maximum absolute atomic E-state index is 10.2. The summed E-state index contributed by atoms with van der Waals surface area (Å²) < 4.78 is 11.5. The van der Waals surface area contributed by atoms with E-state index in [-0.39, 0.29) is 12.5 Å². The second kappa shape index (κ2) is 7.87. The molecular weight excluding hydrogens is 318 g/mol. The number of hydrogen-bond acceptors (Lipinski definition) is 5. The lowest BCUT2D eigenvalue weighted by molar-refractivity contribution is -0.126. The van der Waals surface area contributed by atoms with E-state index in [2.05, 4.69) is 43.9 Å². The highest BCUT2D eigenvalue weighted by Crippen LogP contribution is 2.28. The van der Waals surface area contributed by atoms with Gasteiger partial charge in [0, 0.05) is 17.8 Å². The number of aliphatic hydroxyl groups is 2. The van der Waals surface area contributed by atoms with Crippen molar-refractivity contribution in [2.75, 3.05) is 26.3 Å². The topological polar surface area (TPSA) is 66.1 Å². The number of hydrogen-bond donors (Lipinski definition) is 2. The minimum Gasteiger partial charge on any atom is -0.459 e. The Hall–Kier alpha value is -1.40. The highest BCUT2D eigenvalue weighted by atomic mass is 16.5. The molecule has 1 aromatic carbocycles. The molecule has 1 aliphatic heterocycles. The second-order valence-corrected chi connectivity index (χ2v) is 7.24. The summed E-state index contributed by atoms with van der Waals surface area (Å²) in [5.41, 5.74) is 3.30. The molecule has 1 fully saturated rings. The van der Waals surface area contributed by atoms with Crippen molar-refractivity contribution in [1.82, 2.24) is 4.90 Å². The summed E-state index contributed by atoms with van der Waals surface area (Å²) in [6, 6.07) is 6.30. The van der Waals surface area contributed by atoms with Crippen LogP contribution in [-0.2, 0) is 11.3 Å². The van der Waals surface area contributed by atoms with Crippen LogP contribution in [0.4, 0.5) is 0 Å². The van der Waals surface area contributed by atoms with Crippen LogP contribution in [-0.4, -0.2) is 53.6 Å². The Bertz CT molecular complexity index is 711. The van der Waals surface area contributed by atoms with E-state index < -0.39 is 12.2 Å². The van der Waals surface area contributed by atoms with Gasteiger partial charge in [0.05, 0.1) is 25.9 Å². The third kappa shape index (κ3) is 4.06. The fourth-order valence-corrected chi connectivity index (χ4v) is 3.63. The first-order valence-electron chi connectivity index (χ1n) is 9.14. The molecule has 0 radical (unpaired) electrons. The van der Waals surface area contributed by atoms with Crippen LogP contribution in [0.25, 0.3) is 11.0 Å². The molecule has 1 saturated heterocycles. The Labute approximate surface area is 149 Å². The molecule has 5 heteroatoms. The Morgan fingerprint density at radius 2 is 2.00 bits per heavy atom. The van der Waals surface area contributed by atoms with Crippen molar-refractivity contribution >= 4 is 11.0 Å². The van der Waals surface area contributed by atoms with Crippen LogP contribution < -0.4 is 0 Å². The molecule has 0 amide bonds. The van der Waals surface area contributed by atoms with Crippen molar-refractivity contribution in [2.45, 2.75) is 45.9 Å². The maximum Gasteiger partial charge on any atom is 0.134 e. The van der Waals surface area contributed by atoms with Crippen LogP contribution in [0.2, 0.25) is 0 Å². The van der Waals surface area contributed by atoms with E-state index in [0.717, 1.165) is 29.7 Å². The molecule has 138 valence electrons. The molecule has 2 N–H and O–H groups in total. The van der Waals surface area contributed by atoms with E-state index in [1.54, 1.807) is 0 Å². The van der Waals surface area contributed by atoms with Gasteiger partial charge >= 0.3 is 0 Å². The first kappa shape index (κ1) is 18.4. The molecule has 3 rings (SSSR count). The van der Waals surface area contributed by atoms with Crippen LogP contribution in [0.3, 0.4) is 0 Å². The molecule has 2 aromatic rings. The normalized spacial score (nSPS) is 24.3. The van der Waals surface area contributed by atoms with Gasteiger partial charge < -0.3 is 19.4 Å². The molecule has 1 aromatic heterocycles. The van der Waals surface area contributed by atoms with Crippen molar-refractivity contribution in [3.05, 3.63) is 35.1 Å². The second-order valence-electron chi connectivity index (χ2n) is 7.24. The van der Waals surface area contributed by atoms with Gasteiger partial charge in [-0.2, -0.15) is 0 Å². The van der Waals surface area contributed by atoms with E-state index in [1.807, 2.05) is 0 Å². The average molecular weight is 347 g/mol. The number of furan rings is 1. The Balaban J connectivity index is 1.76. The molecule has 0 bridgehead atoms. The predicted molar refractivity (Wildman–Crippen MR) is 97.6 cm³/mol. The Kier molecular flexibility index (Phi) is 5.79. The molecule has 0 saturated carbocycles. The molecule has 0 unspecified atom stereocenters. The lowest BCUT2D eigenvalue weighted by Crippen LogP contribution is -2.48. The summed E-state index contributed by atoms with van der Waals surface area (Å²) in [6.07, 6.45) is -0.504. The summed E-state index contributed by atoms with van der Waals surface area (Å²) in [5, 5.41) is 21.2. The van der Waals surface area contributed by atoms with E-state index in [4.69, 9.17) is 9.15 Å². The van der Waals surface area contributed by atoms with E-state index in [1.165, 1.54) is 11.1 Å². The van der Waals surface area contributed by atoms with Gasteiger partial charge in [0.25, 0.3) is 0 Å². The summed E-state index contributed by atoms with van der Waals surface area (Å²) in [5.74, 6) is 0.892. The number of fused-ring (bicyclic) bond motifs is 1. The van der Waals surface area contributed by atoms with Gasteiger partial charge in [-0.25, -0.2) is 0 Å². The SMILES string of the molecule is CCCN(Cc1oc2cc(C)ccc2c1C)C[C@@H]1COC[C@@H](O)[C@H]1O. The largest absolute Gasteiger partial charge is 0.459 e. The molecular formula is C20H29NO4. The molecule has 0 spiro atoms. The van der Waals surface area contributed by atoms with Crippen LogP contribution in [0.15, 0.2) is 22.6 Å². The van der Waals surface area contributed by atoms with Crippen LogP contribution in [0, 0.1) is 19.8 Å². The first-order chi connectivity index (χ1) is 12.0. The fraction of sp³-hybridized carbons (Fsp3) is 0.600. The van der Waals surface area contributed by atoms with Crippen LogP contribution >= 0.6 is 0 Å². The number of benzene rings is 1. The van der Waals surface area contributed by atoms with Crippen molar-refractivity contribution in [1.29, 1.82) is 0 Å². The number of aliphatic hydroxyl groups excluding tert-OH is 2. The van der Waals surface area contributed by atoms with Crippen molar-refractivity contribution in [3.63, 3.8) is 0 Å².